The molecule has 0 saturated carbocycles. The summed E-state index contributed by atoms with van der Waals surface area (Å²) in [6.45, 7) is 0. The monoisotopic (exact) mass is 359 g/mol. The van der Waals surface area contributed by atoms with Crippen LogP contribution in [-0.2, 0) is 0 Å². The number of non-ortho nitro benzene ring substituents is 1. The number of carbonyl (C=O) groups excluding carboxylic acids is 1. The second-order valence-electron chi connectivity index (χ2n) is 5.86. The lowest BCUT2D eigenvalue weighted by atomic mass is 10.0. The summed E-state index contributed by atoms with van der Waals surface area (Å²) in [4.78, 5) is 22.7. The number of rotatable bonds is 6. The zero-order chi connectivity index (χ0) is 19.2. The SMILES string of the molecule is COc1ccc(-c2ccc(C(=O)/C=C/c3cccc([N+](=O)[O-])c3)cc2)cc1. The molecule has 0 aliphatic carbocycles. The Morgan fingerprint density at radius 3 is 2.19 bits per heavy atom. The van der Waals surface area contributed by atoms with Crippen LogP contribution in [0.1, 0.15) is 15.9 Å². The third kappa shape index (κ3) is 4.46. The Hall–Kier alpha value is -3.73. The fourth-order valence-corrected chi connectivity index (χ4v) is 2.62. The molecule has 27 heavy (non-hydrogen) atoms. The first-order valence-corrected chi connectivity index (χ1v) is 8.28. The van der Waals surface area contributed by atoms with Gasteiger partial charge >= 0.3 is 0 Å². The molecule has 0 atom stereocenters. The normalized spacial score (nSPS) is 10.7. The summed E-state index contributed by atoms with van der Waals surface area (Å²) in [5.74, 6) is 0.625. The van der Waals surface area contributed by atoms with Gasteiger partial charge in [0.2, 0.25) is 0 Å². The summed E-state index contributed by atoms with van der Waals surface area (Å²) in [7, 11) is 1.62. The number of methoxy groups -OCH3 is 1. The van der Waals surface area contributed by atoms with Crippen LogP contribution in [0, 0.1) is 10.1 Å². The Morgan fingerprint density at radius 1 is 0.963 bits per heavy atom. The minimum Gasteiger partial charge on any atom is -0.497 e. The summed E-state index contributed by atoms with van der Waals surface area (Å²) >= 11 is 0. The third-order valence-electron chi connectivity index (χ3n) is 4.10. The smallest absolute Gasteiger partial charge is 0.270 e. The topological polar surface area (TPSA) is 69.4 Å². The summed E-state index contributed by atoms with van der Waals surface area (Å²) in [5, 5.41) is 10.8. The molecule has 0 spiro atoms. The zero-order valence-corrected chi connectivity index (χ0v) is 14.7. The quantitative estimate of drug-likeness (QED) is 0.264. The Morgan fingerprint density at radius 2 is 1.59 bits per heavy atom. The molecule has 134 valence electrons. The van der Waals surface area contributed by atoms with Gasteiger partial charge in [0.25, 0.3) is 5.69 Å². The minimum absolute atomic E-state index is 0.00607. The number of nitro benzene ring substituents is 1. The van der Waals surface area contributed by atoms with Crippen LogP contribution in [-0.4, -0.2) is 17.8 Å². The van der Waals surface area contributed by atoms with Crippen LogP contribution in [0.4, 0.5) is 5.69 Å². The van der Waals surface area contributed by atoms with Crippen molar-refractivity contribution in [3.63, 3.8) is 0 Å². The summed E-state index contributed by atoms with van der Waals surface area (Å²) in [6.07, 6.45) is 2.99. The number of hydrogen-bond donors (Lipinski definition) is 0. The van der Waals surface area contributed by atoms with E-state index in [0.29, 0.717) is 11.1 Å². The summed E-state index contributed by atoms with van der Waals surface area (Å²) in [5.41, 5.74) is 3.17. The van der Waals surface area contributed by atoms with Crippen molar-refractivity contribution in [1.82, 2.24) is 0 Å². The van der Waals surface area contributed by atoms with E-state index in [1.54, 1.807) is 37.5 Å². The highest BCUT2D eigenvalue weighted by atomic mass is 16.6. The van der Waals surface area contributed by atoms with Crippen molar-refractivity contribution in [2.24, 2.45) is 0 Å². The number of ether oxygens (including phenoxy) is 1. The Balaban J connectivity index is 1.73. The van der Waals surface area contributed by atoms with Gasteiger partial charge in [-0.3, -0.25) is 14.9 Å². The molecule has 0 radical (unpaired) electrons. The molecule has 5 nitrogen and oxygen atoms in total. The highest BCUT2D eigenvalue weighted by molar-refractivity contribution is 6.07. The number of hydrogen-bond acceptors (Lipinski definition) is 4. The van der Waals surface area contributed by atoms with E-state index < -0.39 is 4.92 Å². The van der Waals surface area contributed by atoms with Crippen molar-refractivity contribution in [2.75, 3.05) is 7.11 Å². The molecule has 5 heteroatoms. The zero-order valence-electron chi connectivity index (χ0n) is 14.7. The lowest BCUT2D eigenvalue weighted by Crippen LogP contribution is -1.94. The number of ketones is 1. The van der Waals surface area contributed by atoms with Crippen molar-refractivity contribution < 1.29 is 14.5 Å². The molecule has 0 unspecified atom stereocenters. The van der Waals surface area contributed by atoms with E-state index in [1.165, 1.54) is 18.2 Å². The molecule has 0 N–H and O–H groups in total. The maximum absolute atomic E-state index is 12.3. The van der Waals surface area contributed by atoms with Crippen LogP contribution in [0.25, 0.3) is 17.2 Å². The van der Waals surface area contributed by atoms with Crippen molar-refractivity contribution in [2.45, 2.75) is 0 Å². The Labute approximate surface area is 156 Å². The Bertz CT molecular complexity index is 990. The van der Waals surface area contributed by atoms with Gasteiger partial charge in [0.05, 0.1) is 12.0 Å². The second kappa shape index (κ2) is 8.10. The van der Waals surface area contributed by atoms with Crippen molar-refractivity contribution in [3.05, 3.63) is 100 Å². The number of carbonyl (C=O) groups is 1. The molecule has 0 saturated heterocycles. The van der Waals surface area contributed by atoms with Gasteiger partial charge in [-0.2, -0.15) is 0 Å². The highest BCUT2D eigenvalue weighted by Crippen LogP contribution is 2.23. The van der Waals surface area contributed by atoms with E-state index in [-0.39, 0.29) is 11.5 Å². The van der Waals surface area contributed by atoms with E-state index in [2.05, 4.69) is 0 Å². The molecule has 0 fully saturated rings. The maximum Gasteiger partial charge on any atom is 0.270 e. The molecule has 3 aromatic carbocycles. The molecular weight excluding hydrogens is 342 g/mol. The molecule has 0 aliphatic heterocycles. The van der Waals surface area contributed by atoms with Gasteiger partial charge in [-0.15, -0.1) is 0 Å². The van der Waals surface area contributed by atoms with Crippen LogP contribution < -0.4 is 4.74 Å². The number of nitro groups is 1. The molecule has 0 amide bonds. The lowest BCUT2D eigenvalue weighted by molar-refractivity contribution is -0.384. The molecule has 0 bridgehead atoms. The van der Waals surface area contributed by atoms with Gasteiger partial charge in [-0.25, -0.2) is 0 Å². The van der Waals surface area contributed by atoms with E-state index in [9.17, 15) is 14.9 Å². The van der Waals surface area contributed by atoms with Crippen LogP contribution >= 0.6 is 0 Å². The van der Waals surface area contributed by atoms with Gasteiger partial charge in [0.1, 0.15) is 5.75 Å². The van der Waals surface area contributed by atoms with Crippen LogP contribution in [0.5, 0.6) is 5.75 Å². The average molecular weight is 359 g/mol. The van der Waals surface area contributed by atoms with Crippen molar-refractivity contribution in [3.8, 4) is 16.9 Å². The van der Waals surface area contributed by atoms with Crippen molar-refractivity contribution >= 4 is 17.5 Å². The van der Waals surface area contributed by atoms with Gasteiger partial charge < -0.3 is 4.74 Å². The first kappa shape index (κ1) is 18.1. The van der Waals surface area contributed by atoms with E-state index in [4.69, 9.17) is 4.74 Å². The van der Waals surface area contributed by atoms with E-state index >= 15 is 0 Å². The average Bonchev–Trinajstić information content (AvgIpc) is 2.72. The van der Waals surface area contributed by atoms with Gasteiger partial charge in [0, 0.05) is 17.7 Å². The molecule has 0 aromatic heterocycles. The summed E-state index contributed by atoms with van der Waals surface area (Å²) < 4.78 is 5.15. The van der Waals surface area contributed by atoms with E-state index in [1.807, 2.05) is 36.4 Å². The largest absolute Gasteiger partial charge is 0.497 e. The van der Waals surface area contributed by atoms with Crippen LogP contribution in [0.15, 0.2) is 78.9 Å². The molecular formula is C22H17NO4. The predicted molar refractivity (Wildman–Crippen MR) is 105 cm³/mol. The predicted octanol–water partition coefficient (Wildman–Crippen LogP) is 5.17. The molecule has 0 heterocycles. The van der Waals surface area contributed by atoms with Gasteiger partial charge in [-0.1, -0.05) is 54.6 Å². The Kier molecular flexibility index (Phi) is 5.42. The van der Waals surface area contributed by atoms with Gasteiger partial charge in [0.15, 0.2) is 5.78 Å². The number of nitrogens with zero attached hydrogens (tertiary/aromatic N) is 1. The minimum atomic E-state index is -0.461. The standard InChI is InChI=1S/C22H17NO4/c1-27-21-12-10-18(11-13-21)17-6-8-19(9-7-17)22(24)14-5-16-3-2-4-20(15-16)23(25)26/h2-15H,1H3/b14-5+. The fraction of sp³-hybridized carbons (Fsp3) is 0.0455. The summed E-state index contributed by atoms with van der Waals surface area (Å²) in [6, 6.07) is 21.1. The van der Waals surface area contributed by atoms with Crippen molar-refractivity contribution in [1.29, 1.82) is 0 Å². The van der Waals surface area contributed by atoms with E-state index in [0.717, 1.165) is 16.9 Å². The molecule has 0 aliphatic rings. The maximum atomic E-state index is 12.3. The van der Waals surface area contributed by atoms with Crippen LogP contribution in [0.2, 0.25) is 0 Å². The number of benzene rings is 3. The number of allylic oxidation sites excluding steroid dienone is 1. The molecule has 3 aromatic rings. The first-order chi connectivity index (χ1) is 13.1. The third-order valence-corrected chi connectivity index (χ3v) is 4.10. The molecule has 3 rings (SSSR count). The van der Waals surface area contributed by atoms with Crippen LogP contribution in [0.3, 0.4) is 0 Å². The second-order valence-corrected chi connectivity index (χ2v) is 5.86. The highest BCUT2D eigenvalue weighted by Gasteiger charge is 2.06. The fourth-order valence-electron chi connectivity index (χ4n) is 2.62. The van der Waals surface area contributed by atoms with Gasteiger partial charge in [-0.05, 0) is 34.9 Å². The first-order valence-electron chi connectivity index (χ1n) is 8.28. The lowest BCUT2D eigenvalue weighted by Gasteiger charge is -2.04.